The Bertz CT molecular complexity index is 674. The Morgan fingerprint density at radius 2 is 2.19 bits per heavy atom. The van der Waals surface area contributed by atoms with Crippen molar-refractivity contribution < 1.29 is 0 Å². The van der Waals surface area contributed by atoms with Gasteiger partial charge >= 0.3 is 0 Å². The lowest BCUT2D eigenvalue weighted by Gasteiger charge is -2.54. The summed E-state index contributed by atoms with van der Waals surface area (Å²) in [4.78, 5) is 7.80. The summed E-state index contributed by atoms with van der Waals surface area (Å²) in [6.45, 7) is 4.73. The Morgan fingerprint density at radius 1 is 1.29 bits per heavy atom. The molecule has 108 valence electrons. The molecule has 5 rings (SSSR count). The summed E-state index contributed by atoms with van der Waals surface area (Å²) in [5.41, 5.74) is 4.83. The first kappa shape index (κ1) is 12.2. The maximum absolute atomic E-state index is 5.07. The summed E-state index contributed by atoms with van der Waals surface area (Å²) < 4.78 is 0. The van der Waals surface area contributed by atoms with Gasteiger partial charge in [0.1, 0.15) is 0 Å². The molecule has 1 aromatic rings. The zero-order valence-corrected chi connectivity index (χ0v) is 12.7. The van der Waals surface area contributed by atoms with E-state index in [-0.39, 0.29) is 5.41 Å². The maximum Gasteiger partial charge on any atom is 0.0671 e. The second-order valence-corrected chi connectivity index (χ2v) is 7.18. The van der Waals surface area contributed by atoms with E-state index in [1.54, 1.807) is 0 Å². The second-order valence-electron chi connectivity index (χ2n) is 7.18. The molecule has 0 N–H and O–H groups in total. The van der Waals surface area contributed by atoms with Crippen molar-refractivity contribution in [2.24, 2.45) is 10.4 Å². The highest BCUT2D eigenvalue weighted by atomic mass is 15.2. The molecule has 4 aliphatic rings. The largest absolute Gasteiger partial charge is 0.295 e. The van der Waals surface area contributed by atoms with E-state index in [1.165, 1.54) is 49.2 Å². The number of nitrogens with zero attached hydrogens (tertiary/aromatic N) is 2. The fourth-order valence-electron chi connectivity index (χ4n) is 5.73. The molecule has 0 radical (unpaired) electrons. The normalized spacial score (nSPS) is 39.7. The Balaban J connectivity index is 1.78. The van der Waals surface area contributed by atoms with E-state index in [9.17, 15) is 0 Å². The van der Waals surface area contributed by atoms with Crippen LogP contribution in [0.25, 0.3) is 0 Å². The molecule has 3 heterocycles. The molecule has 2 fully saturated rings. The first-order chi connectivity index (χ1) is 10.3. The zero-order valence-electron chi connectivity index (χ0n) is 12.7. The highest BCUT2D eigenvalue weighted by molar-refractivity contribution is 6.04. The number of aliphatic imine (C=N–C) groups is 1. The van der Waals surface area contributed by atoms with Gasteiger partial charge in [0.2, 0.25) is 0 Å². The summed E-state index contributed by atoms with van der Waals surface area (Å²) in [6.07, 6.45) is 9.94. The summed E-state index contributed by atoms with van der Waals surface area (Å²) in [6, 6.07) is 9.53. The maximum atomic E-state index is 5.07. The van der Waals surface area contributed by atoms with Crippen LogP contribution in [0.4, 0.5) is 5.69 Å². The predicted molar refractivity (Wildman–Crippen MR) is 86.3 cm³/mol. The third-order valence-corrected chi connectivity index (χ3v) is 6.60. The number of hydrogen-bond acceptors (Lipinski definition) is 2. The molecule has 0 amide bonds. The average molecular weight is 278 g/mol. The van der Waals surface area contributed by atoms with Crippen LogP contribution in [-0.2, 0) is 5.41 Å². The highest BCUT2D eigenvalue weighted by Crippen LogP contribution is 2.61. The van der Waals surface area contributed by atoms with Crippen molar-refractivity contribution in [3.05, 3.63) is 42.0 Å². The van der Waals surface area contributed by atoms with E-state index in [4.69, 9.17) is 4.99 Å². The van der Waals surface area contributed by atoms with E-state index < -0.39 is 0 Å². The van der Waals surface area contributed by atoms with Crippen molar-refractivity contribution in [1.82, 2.24) is 4.90 Å². The quantitative estimate of drug-likeness (QED) is 0.713. The summed E-state index contributed by atoms with van der Waals surface area (Å²) >= 11 is 0. The highest BCUT2D eigenvalue weighted by Gasteiger charge is 2.63. The van der Waals surface area contributed by atoms with Gasteiger partial charge in [-0.25, -0.2) is 0 Å². The van der Waals surface area contributed by atoms with Crippen molar-refractivity contribution in [3.63, 3.8) is 0 Å². The second kappa shape index (κ2) is 3.86. The smallest absolute Gasteiger partial charge is 0.0671 e. The van der Waals surface area contributed by atoms with E-state index >= 15 is 0 Å². The zero-order chi connectivity index (χ0) is 14.1. The van der Waals surface area contributed by atoms with Crippen molar-refractivity contribution in [2.45, 2.75) is 44.1 Å². The van der Waals surface area contributed by atoms with Gasteiger partial charge in [0.05, 0.1) is 11.1 Å². The van der Waals surface area contributed by atoms with Gasteiger partial charge in [-0.2, -0.15) is 0 Å². The van der Waals surface area contributed by atoms with Crippen LogP contribution >= 0.6 is 0 Å². The van der Waals surface area contributed by atoms with Crippen molar-refractivity contribution >= 4 is 11.4 Å². The van der Waals surface area contributed by atoms with Gasteiger partial charge in [0.25, 0.3) is 0 Å². The van der Waals surface area contributed by atoms with E-state index in [0.717, 1.165) is 6.54 Å². The molecule has 0 unspecified atom stereocenters. The molecule has 1 spiro atoms. The number of para-hydroxylation sites is 1. The van der Waals surface area contributed by atoms with Crippen LogP contribution in [0.1, 0.15) is 38.2 Å². The van der Waals surface area contributed by atoms with E-state index in [0.29, 0.717) is 11.5 Å². The average Bonchev–Trinajstić information content (AvgIpc) is 3.08. The molecule has 1 saturated heterocycles. The minimum Gasteiger partial charge on any atom is -0.295 e. The van der Waals surface area contributed by atoms with Gasteiger partial charge in [0.15, 0.2) is 0 Å². The number of benzene rings is 1. The summed E-state index contributed by atoms with van der Waals surface area (Å²) in [5.74, 6) is 0. The molecule has 1 saturated carbocycles. The van der Waals surface area contributed by atoms with Gasteiger partial charge < -0.3 is 0 Å². The van der Waals surface area contributed by atoms with Crippen LogP contribution in [0.15, 0.2) is 41.4 Å². The van der Waals surface area contributed by atoms with E-state index in [2.05, 4.69) is 48.2 Å². The SMILES string of the molecule is CC[C@@]12C=CCN3CC[C@@]4(C(=Nc5ccccc54)CC1)[C@H]32. The number of hydrogen-bond donors (Lipinski definition) is 0. The molecule has 21 heavy (non-hydrogen) atoms. The number of rotatable bonds is 1. The van der Waals surface area contributed by atoms with Crippen molar-refractivity contribution in [3.8, 4) is 0 Å². The summed E-state index contributed by atoms with van der Waals surface area (Å²) in [5, 5.41) is 0. The molecule has 1 aliphatic carbocycles. The Labute approximate surface area is 126 Å². The molecular formula is C19H22N2. The predicted octanol–water partition coefficient (Wildman–Crippen LogP) is 3.84. The first-order valence-corrected chi connectivity index (χ1v) is 8.39. The third kappa shape index (κ3) is 1.27. The molecule has 2 nitrogen and oxygen atoms in total. The van der Waals surface area contributed by atoms with Crippen molar-refractivity contribution in [1.29, 1.82) is 0 Å². The molecule has 2 heteroatoms. The van der Waals surface area contributed by atoms with Crippen LogP contribution in [0, 0.1) is 5.41 Å². The standard InChI is InChI=1S/C19H22N2/c1-2-18-9-5-12-21-13-11-19(17(18)21)14-6-3-4-7-15(14)20-16(19)8-10-18/h3-7,9,17H,2,8,10-13H2,1H3/t17-,18-,19-/m1/s1. The molecule has 0 aromatic heterocycles. The molecule has 3 atom stereocenters. The lowest BCUT2D eigenvalue weighted by Crippen LogP contribution is -2.60. The summed E-state index contributed by atoms with van der Waals surface area (Å²) in [7, 11) is 0. The third-order valence-electron chi connectivity index (χ3n) is 6.60. The van der Waals surface area contributed by atoms with Gasteiger partial charge in [-0.3, -0.25) is 9.89 Å². The van der Waals surface area contributed by atoms with Crippen LogP contribution in [0.5, 0.6) is 0 Å². The van der Waals surface area contributed by atoms with Crippen LogP contribution < -0.4 is 0 Å². The minimum atomic E-state index is 0.218. The fraction of sp³-hybridized carbons (Fsp3) is 0.526. The Hall–Kier alpha value is -1.41. The topological polar surface area (TPSA) is 15.6 Å². The van der Waals surface area contributed by atoms with Gasteiger partial charge in [-0.15, -0.1) is 0 Å². The number of fused-ring (bicyclic) bond motifs is 1. The van der Waals surface area contributed by atoms with Crippen LogP contribution in [0.3, 0.4) is 0 Å². The van der Waals surface area contributed by atoms with Crippen molar-refractivity contribution in [2.75, 3.05) is 13.1 Å². The first-order valence-electron chi connectivity index (χ1n) is 8.39. The van der Waals surface area contributed by atoms with Gasteiger partial charge in [0, 0.05) is 30.3 Å². The minimum absolute atomic E-state index is 0.218. The molecule has 1 aromatic carbocycles. The van der Waals surface area contributed by atoms with Gasteiger partial charge in [-0.1, -0.05) is 37.3 Å². The van der Waals surface area contributed by atoms with E-state index in [1.807, 2.05) is 0 Å². The molecular weight excluding hydrogens is 256 g/mol. The fourth-order valence-corrected chi connectivity index (χ4v) is 5.73. The molecule has 3 aliphatic heterocycles. The lowest BCUT2D eigenvalue weighted by atomic mass is 9.54. The van der Waals surface area contributed by atoms with Crippen LogP contribution in [-0.4, -0.2) is 29.7 Å². The lowest BCUT2D eigenvalue weighted by molar-refractivity contribution is 0.0850. The monoisotopic (exact) mass is 278 g/mol. The van der Waals surface area contributed by atoms with Crippen LogP contribution in [0.2, 0.25) is 0 Å². The van der Waals surface area contributed by atoms with Gasteiger partial charge in [-0.05, 0) is 37.3 Å². The Kier molecular flexibility index (Phi) is 2.24. The Morgan fingerprint density at radius 3 is 3.10 bits per heavy atom. The molecule has 0 bridgehead atoms.